The molecule has 170 valence electrons. The van der Waals surface area contributed by atoms with Crippen molar-refractivity contribution in [2.24, 2.45) is 0 Å². The summed E-state index contributed by atoms with van der Waals surface area (Å²) < 4.78 is 21.6. The molecule has 0 radical (unpaired) electrons. The van der Waals surface area contributed by atoms with Crippen LogP contribution >= 0.6 is 11.6 Å². The van der Waals surface area contributed by atoms with Crippen LogP contribution in [0.5, 0.6) is 23.0 Å². The molecule has 0 fully saturated rings. The zero-order chi connectivity index (χ0) is 23.7. The molecule has 0 aliphatic rings. The number of benzene rings is 2. The fourth-order valence-electron chi connectivity index (χ4n) is 2.94. The summed E-state index contributed by atoms with van der Waals surface area (Å²) >= 11 is 6.32. The van der Waals surface area contributed by atoms with Crippen molar-refractivity contribution in [3.05, 3.63) is 52.1 Å². The number of methoxy groups -OCH3 is 3. The Kier molecular flexibility index (Phi) is 9.23. The standard InChI is InChI=1S/C24H27ClN2O5/c1-15(2)32-23-19(25)11-17(13-22(23)31-5)10-18(14-26)24(28)27-9-8-16-6-7-20(29-3)21(12-16)30-4/h6-7,10-13,15H,8-9H2,1-5H3,(H,27,28)/b18-10+. The molecule has 0 unspecified atom stereocenters. The van der Waals surface area contributed by atoms with E-state index < -0.39 is 5.91 Å². The Morgan fingerprint density at radius 1 is 1.09 bits per heavy atom. The van der Waals surface area contributed by atoms with Crippen LogP contribution in [0.1, 0.15) is 25.0 Å². The second-order valence-electron chi connectivity index (χ2n) is 7.07. The van der Waals surface area contributed by atoms with Gasteiger partial charge in [-0.1, -0.05) is 17.7 Å². The van der Waals surface area contributed by atoms with Crippen LogP contribution in [0.4, 0.5) is 0 Å². The summed E-state index contributed by atoms with van der Waals surface area (Å²) in [7, 11) is 4.63. The van der Waals surface area contributed by atoms with Crippen molar-refractivity contribution in [3.63, 3.8) is 0 Å². The SMILES string of the molecule is COc1ccc(CCNC(=O)/C(C#N)=C/c2cc(Cl)c(OC(C)C)c(OC)c2)cc1OC. The van der Waals surface area contributed by atoms with Crippen molar-refractivity contribution in [1.82, 2.24) is 5.32 Å². The van der Waals surface area contributed by atoms with Crippen molar-refractivity contribution in [2.45, 2.75) is 26.4 Å². The van der Waals surface area contributed by atoms with Gasteiger partial charge in [0.2, 0.25) is 0 Å². The van der Waals surface area contributed by atoms with E-state index in [-0.39, 0.29) is 11.7 Å². The predicted molar refractivity (Wildman–Crippen MR) is 124 cm³/mol. The lowest BCUT2D eigenvalue weighted by Gasteiger charge is -2.15. The number of hydrogen-bond donors (Lipinski definition) is 1. The van der Waals surface area contributed by atoms with Crippen molar-refractivity contribution in [1.29, 1.82) is 5.26 Å². The number of rotatable bonds is 10. The summed E-state index contributed by atoms with van der Waals surface area (Å²) in [6.07, 6.45) is 1.93. The van der Waals surface area contributed by atoms with E-state index in [1.807, 2.05) is 32.0 Å². The zero-order valence-corrected chi connectivity index (χ0v) is 19.6. The lowest BCUT2D eigenvalue weighted by Crippen LogP contribution is -2.26. The fourth-order valence-corrected chi connectivity index (χ4v) is 3.20. The van der Waals surface area contributed by atoms with Crippen LogP contribution in [-0.2, 0) is 11.2 Å². The van der Waals surface area contributed by atoms with Gasteiger partial charge in [0.15, 0.2) is 23.0 Å². The third-order valence-corrected chi connectivity index (χ3v) is 4.71. The molecule has 0 atom stereocenters. The number of amides is 1. The van der Waals surface area contributed by atoms with E-state index in [9.17, 15) is 10.1 Å². The molecule has 0 bridgehead atoms. The van der Waals surface area contributed by atoms with E-state index in [1.165, 1.54) is 13.2 Å². The first-order valence-corrected chi connectivity index (χ1v) is 10.4. The first kappa shape index (κ1) is 24.9. The van der Waals surface area contributed by atoms with Gasteiger partial charge in [0, 0.05) is 6.54 Å². The summed E-state index contributed by atoms with van der Waals surface area (Å²) in [5.41, 5.74) is 1.46. The monoisotopic (exact) mass is 458 g/mol. The molecular formula is C24H27ClN2O5. The third kappa shape index (κ3) is 6.56. The van der Waals surface area contributed by atoms with Gasteiger partial charge >= 0.3 is 0 Å². The van der Waals surface area contributed by atoms with E-state index in [1.54, 1.807) is 32.4 Å². The summed E-state index contributed by atoms with van der Waals surface area (Å²) in [6, 6.07) is 10.8. The largest absolute Gasteiger partial charge is 0.493 e. The van der Waals surface area contributed by atoms with E-state index in [0.717, 1.165) is 5.56 Å². The van der Waals surface area contributed by atoms with Crippen LogP contribution in [0.2, 0.25) is 5.02 Å². The third-order valence-electron chi connectivity index (χ3n) is 4.43. The normalized spacial score (nSPS) is 11.0. The molecule has 2 aromatic rings. The predicted octanol–water partition coefficient (Wildman–Crippen LogP) is 4.42. The number of nitrogens with zero attached hydrogens (tertiary/aromatic N) is 1. The number of ether oxygens (including phenoxy) is 4. The highest BCUT2D eigenvalue weighted by atomic mass is 35.5. The molecule has 0 aliphatic heterocycles. The maximum Gasteiger partial charge on any atom is 0.261 e. The van der Waals surface area contributed by atoms with Gasteiger partial charge in [-0.3, -0.25) is 4.79 Å². The van der Waals surface area contributed by atoms with Crippen LogP contribution in [0.3, 0.4) is 0 Å². The zero-order valence-electron chi connectivity index (χ0n) is 18.8. The highest BCUT2D eigenvalue weighted by Crippen LogP contribution is 2.37. The molecule has 2 aromatic carbocycles. The van der Waals surface area contributed by atoms with Gasteiger partial charge in [-0.2, -0.15) is 5.26 Å². The molecule has 0 aliphatic carbocycles. The Bertz CT molecular complexity index is 1030. The number of carbonyl (C=O) groups excluding carboxylic acids is 1. The average Bonchev–Trinajstić information content (AvgIpc) is 2.78. The van der Waals surface area contributed by atoms with E-state index in [4.69, 9.17) is 30.5 Å². The molecule has 0 heterocycles. The van der Waals surface area contributed by atoms with Gasteiger partial charge in [-0.15, -0.1) is 0 Å². The van der Waals surface area contributed by atoms with Crippen LogP contribution in [0.25, 0.3) is 6.08 Å². The summed E-state index contributed by atoms with van der Waals surface area (Å²) in [5, 5.41) is 12.6. The average molecular weight is 459 g/mol. The summed E-state index contributed by atoms with van der Waals surface area (Å²) in [5.74, 6) is 1.60. The number of hydrogen-bond acceptors (Lipinski definition) is 6. The van der Waals surface area contributed by atoms with Crippen LogP contribution in [0.15, 0.2) is 35.9 Å². The minimum atomic E-state index is -0.481. The quantitative estimate of drug-likeness (QED) is 0.418. The van der Waals surface area contributed by atoms with Crippen molar-refractivity contribution in [3.8, 4) is 29.1 Å². The first-order valence-electron chi connectivity index (χ1n) is 9.98. The molecule has 2 rings (SSSR count). The van der Waals surface area contributed by atoms with Crippen LogP contribution in [0, 0.1) is 11.3 Å². The van der Waals surface area contributed by atoms with Crippen molar-refractivity contribution >= 4 is 23.6 Å². The molecule has 0 aromatic heterocycles. The summed E-state index contributed by atoms with van der Waals surface area (Å²) in [4.78, 5) is 12.5. The number of nitriles is 1. The topological polar surface area (TPSA) is 89.8 Å². The Balaban J connectivity index is 2.11. The first-order chi connectivity index (χ1) is 15.3. The van der Waals surface area contributed by atoms with E-state index >= 15 is 0 Å². The molecule has 1 amide bonds. The van der Waals surface area contributed by atoms with Gasteiger partial charge in [0.25, 0.3) is 5.91 Å². The smallest absolute Gasteiger partial charge is 0.261 e. The second-order valence-corrected chi connectivity index (χ2v) is 7.47. The fraction of sp³-hybridized carbons (Fsp3) is 0.333. The Hall–Kier alpha value is -3.37. The van der Waals surface area contributed by atoms with E-state index in [2.05, 4.69) is 5.32 Å². The van der Waals surface area contributed by atoms with Crippen molar-refractivity contribution < 1.29 is 23.7 Å². The molecule has 1 N–H and O–H groups in total. The molecule has 0 spiro atoms. The minimum absolute atomic E-state index is 0.0482. The highest BCUT2D eigenvalue weighted by molar-refractivity contribution is 6.32. The van der Waals surface area contributed by atoms with Gasteiger partial charge in [0.1, 0.15) is 11.6 Å². The maximum absolute atomic E-state index is 12.5. The Morgan fingerprint density at radius 2 is 1.78 bits per heavy atom. The molecule has 8 heteroatoms. The Morgan fingerprint density at radius 3 is 2.38 bits per heavy atom. The molecule has 0 saturated carbocycles. The van der Waals surface area contributed by atoms with Gasteiger partial charge in [-0.05, 0) is 61.7 Å². The molecular weight excluding hydrogens is 432 g/mol. The second kappa shape index (κ2) is 11.9. The van der Waals surface area contributed by atoms with Gasteiger partial charge in [-0.25, -0.2) is 0 Å². The molecule has 32 heavy (non-hydrogen) atoms. The molecule has 7 nitrogen and oxygen atoms in total. The lowest BCUT2D eigenvalue weighted by atomic mass is 10.1. The van der Waals surface area contributed by atoms with Crippen molar-refractivity contribution in [2.75, 3.05) is 27.9 Å². The molecule has 0 saturated heterocycles. The number of halogens is 1. The Labute approximate surface area is 193 Å². The minimum Gasteiger partial charge on any atom is -0.493 e. The summed E-state index contributed by atoms with van der Waals surface area (Å²) in [6.45, 7) is 4.10. The maximum atomic E-state index is 12.5. The van der Waals surface area contributed by atoms with E-state index in [0.29, 0.717) is 46.5 Å². The highest BCUT2D eigenvalue weighted by Gasteiger charge is 2.15. The number of nitrogens with one attached hydrogen (secondary N) is 1. The van der Waals surface area contributed by atoms with Gasteiger partial charge in [0.05, 0.1) is 32.5 Å². The number of carbonyl (C=O) groups is 1. The van der Waals surface area contributed by atoms with Crippen LogP contribution in [-0.4, -0.2) is 39.9 Å². The lowest BCUT2D eigenvalue weighted by molar-refractivity contribution is -0.117. The van der Waals surface area contributed by atoms with Gasteiger partial charge < -0.3 is 24.3 Å². The van der Waals surface area contributed by atoms with Crippen LogP contribution < -0.4 is 24.3 Å².